The summed E-state index contributed by atoms with van der Waals surface area (Å²) in [7, 11) is 5.41. The van der Waals surface area contributed by atoms with Gasteiger partial charge in [0.1, 0.15) is 0 Å². The van der Waals surface area contributed by atoms with Crippen LogP contribution >= 0.6 is 0 Å². The lowest BCUT2D eigenvalue weighted by atomic mass is 10.3. The Hall–Kier alpha value is -2.37. The smallest absolute Gasteiger partial charge is 0.227 e. The monoisotopic (exact) mass is 259 g/mol. The number of hydrogen-bond acceptors (Lipinski definition) is 6. The van der Waals surface area contributed by atoms with Crippen molar-refractivity contribution in [3.63, 3.8) is 0 Å². The van der Waals surface area contributed by atoms with Gasteiger partial charge < -0.3 is 15.0 Å². The van der Waals surface area contributed by atoms with Gasteiger partial charge in [0, 0.05) is 32.2 Å². The third-order valence-corrected chi connectivity index (χ3v) is 2.57. The third kappa shape index (κ3) is 2.90. The average Bonchev–Trinajstić information content (AvgIpc) is 2.39. The van der Waals surface area contributed by atoms with Crippen LogP contribution in [0, 0.1) is 6.92 Å². The number of methoxy groups -OCH3 is 1. The molecule has 0 spiro atoms. The van der Waals surface area contributed by atoms with E-state index in [1.165, 1.54) is 0 Å². The van der Waals surface area contributed by atoms with Gasteiger partial charge >= 0.3 is 0 Å². The predicted molar refractivity (Wildman–Crippen MR) is 75.2 cm³/mol. The molecule has 0 atom stereocenters. The van der Waals surface area contributed by atoms with Gasteiger partial charge in [-0.3, -0.25) is 4.98 Å². The van der Waals surface area contributed by atoms with Gasteiger partial charge in [0.05, 0.1) is 12.8 Å². The molecule has 0 bridgehead atoms. The van der Waals surface area contributed by atoms with Gasteiger partial charge in [0.2, 0.25) is 5.95 Å². The zero-order chi connectivity index (χ0) is 13.8. The molecule has 2 rings (SSSR count). The fourth-order valence-corrected chi connectivity index (χ4v) is 1.65. The maximum atomic E-state index is 5.36. The van der Waals surface area contributed by atoms with E-state index < -0.39 is 0 Å². The molecule has 6 nitrogen and oxygen atoms in total. The molecule has 0 radical (unpaired) electrons. The van der Waals surface area contributed by atoms with Crippen LogP contribution in [0.2, 0.25) is 0 Å². The molecular formula is C13H17N5O. The van der Waals surface area contributed by atoms with Gasteiger partial charge in [-0.1, -0.05) is 0 Å². The van der Waals surface area contributed by atoms with Crippen LogP contribution < -0.4 is 15.0 Å². The Morgan fingerprint density at radius 1 is 1.16 bits per heavy atom. The molecule has 6 heteroatoms. The molecule has 0 fully saturated rings. The SMILES string of the molecule is COc1c(C)nc(N(C)C)nc1Nc1ccncc1. The molecule has 2 aromatic heterocycles. The van der Waals surface area contributed by atoms with Crippen LogP contribution in [0.1, 0.15) is 5.69 Å². The third-order valence-electron chi connectivity index (χ3n) is 2.57. The first-order valence-corrected chi connectivity index (χ1v) is 5.89. The Bertz CT molecular complexity index is 556. The van der Waals surface area contributed by atoms with Crippen molar-refractivity contribution in [3.05, 3.63) is 30.2 Å². The van der Waals surface area contributed by atoms with Gasteiger partial charge in [-0.2, -0.15) is 4.98 Å². The summed E-state index contributed by atoms with van der Waals surface area (Å²) < 4.78 is 5.36. The summed E-state index contributed by atoms with van der Waals surface area (Å²) in [5, 5.41) is 3.22. The van der Waals surface area contributed by atoms with Crippen molar-refractivity contribution in [3.8, 4) is 5.75 Å². The standard InChI is InChI=1S/C13H17N5O/c1-9-11(19-4)12(17-13(15-9)18(2)3)16-10-5-7-14-8-6-10/h5-8H,1-4H3,(H,14,15,16,17). The van der Waals surface area contributed by atoms with Crippen LogP contribution in [-0.2, 0) is 0 Å². The van der Waals surface area contributed by atoms with E-state index in [2.05, 4.69) is 20.3 Å². The van der Waals surface area contributed by atoms with Crippen LogP contribution in [0.5, 0.6) is 5.75 Å². The fourth-order valence-electron chi connectivity index (χ4n) is 1.65. The van der Waals surface area contributed by atoms with Crippen molar-refractivity contribution >= 4 is 17.5 Å². The van der Waals surface area contributed by atoms with E-state index in [4.69, 9.17) is 4.74 Å². The largest absolute Gasteiger partial charge is 0.491 e. The van der Waals surface area contributed by atoms with Crippen LogP contribution in [0.3, 0.4) is 0 Å². The molecule has 1 N–H and O–H groups in total. The van der Waals surface area contributed by atoms with Crippen LogP contribution in [0.15, 0.2) is 24.5 Å². The van der Waals surface area contributed by atoms with E-state index in [1.807, 2.05) is 38.1 Å². The van der Waals surface area contributed by atoms with Crippen molar-refractivity contribution in [1.82, 2.24) is 15.0 Å². The zero-order valence-electron chi connectivity index (χ0n) is 11.5. The minimum absolute atomic E-state index is 0.634. The molecule has 19 heavy (non-hydrogen) atoms. The molecule has 2 aromatic rings. The molecule has 0 aliphatic heterocycles. The molecule has 0 saturated heterocycles. The van der Waals surface area contributed by atoms with Gasteiger partial charge in [-0.05, 0) is 19.1 Å². The number of aromatic nitrogens is 3. The summed E-state index contributed by atoms with van der Waals surface area (Å²) in [6.45, 7) is 1.89. The number of anilines is 3. The lowest BCUT2D eigenvalue weighted by Crippen LogP contribution is -2.15. The Labute approximate surface area is 112 Å². The van der Waals surface area contributed by atoms with E-state index >= 15 is 0 Å². The molecule has 100 valence electrons. The van der Waals surface area contributed by atoms with Gasteiger partial charge in [-0.25, -0.2) is 4.98 Å². The van der Waals surface area contributed by atoms with E-state index in [0.29, 0.717) is 17.5 Å². The summed E-state index contributed by atoms with van der Waals surface area (Å²) in [5.41, 5.74) is 1.69. The molecule has 0 unspecified atom stereocenters. The number of ether oxygens (including phenoxy) is 1. The van der Waals surface area contributed by atoms with Crippen LogP contribution in [-0.4, -0.2) is 36.2 Å². The molecule has 0 amide bonds. The van der Waals surface area contributed by atoms with Crippen molar-refractivity contribution in [2.75, 3.05) is 31.4 Å². The Morgan fingerprint density at radius 2 is 1.84 bits per heavy atom. The first-order valence-electron chi connectivity index (χ1n) is 5.89. The van der Waals surface area contributed by atoms with Crippen molar-refractivity contribution < 1.29 is 4.74 Å². The second-order valence-corrected chi connectivity index (χ2v) is 4.25. The summed E-state index contributed by atoms with van der Waals surface area (Å²) in [6, 6.07) is 3.73. The lowest BCUT2D eigenvalue weighted by Gasteiger charge is -2.16. The Kier molecular flexibility index (Phi) is 3.79. The van der Waals surface area contributed by atoms with Crippen molar-refractivity contribution in [2.45, 2.75) is 6.92 Å². The highest BCUT2D eigenvalue weighted by atomic mass is 16.5. The number of nitrogens with zero attached hydrogens (tertiary/aromatic N) is 4. The van der Waals surface area contributed by atoms with Crippen molar-refractivity contribution in [1.29, 1.82) is 0 Å². The van der Waals surface area contributed by atoms with Gasteiger partial charge in [0.25, 0.3) is 0 Å². The molecule has 0 aliphatic carbocycles. The van der Waals surface area contributed by atoms with Gasteiger partial charge in [0.15, 0.2) is 11.6 Å². The van der Waals surface area contributed by atoms with Gasteiger partial charge in [-0.15, -0.1) is 0 Å². The molecule has 0 saturated carbocycles. The number of rotatable bonds is 4. The normalized spacial score (nSPS) is 10.1. The Morgan fingerprint density at radius 3 is 2.42 bits per heavy atom. The maximum Gasteiger partial charge on any atom is 0.227 e. The van der Waals surface area contributed by atoms with Crippen molar-refractivity contribution in [2.24, 2.45) is 0 Å². The Balaban J connectivity index is 2.42. The fraction of sp³-hybridized carbons (Fsp3) is 0.308. The summed E-state index contributed by atoms with van der Waals surface area (Å²) in [4.78, 5) is 14.7. The lowest BCUT2D eigenvalue weighted by molar-refractivity contribution is 0.409. The highest BCUT2D eigenvalue weighted by Crippen LogP contribution is 2.29. The summed E-state index contributed by atoms with van der Waals surface area (Å²) in [5.74, 6) is 1.92. The second kappa shape index (κ2) is 5.51. The van der Waals surface area contributed by atoms with E-state index in [1.54, 1.807) is 19.5 Å². The van der Waals surface area contributed by atoms with Crippen LogP contribution in [0.4, 0.5) is 17.5 Å². The molecule has 2 heterocycles. The number of aryl methyl sites for hydroxylation is 1. The quantitative estimate of drug-likeness (QED) is 0.906. The highest BCUT2D eigenvalue weighted by molar-refractivity contribution is 5.64. The number of hydrogen-bond donors (Lipinski definition) is 1. The second-order valence-electron chi connectivity index (χ2n) is 4.25. The maximum absolute atomic E-state index is 5.36. The van der Waals surface area contributed by atoms with E-state index in [0.717, 1.165) is 11.4 Å². The molecule has 0 aliphatic rings. The minimum Gasteiger partial charge on any atom is -0.491 e. The van der Waals surface area contributed by atoms with Crippen LogP contribution in [0.25, 0.3) is 0 Å². The summed E-state index contributed by atoms with van der Waals surface area (Å²) in [6.07, 6.45) is 3.44. The van der Waals surface area contributed by atoms with E-state index in [-0.39, 0.29) is 0 Å². The first kappa shape index (κ1) is 13.1. The zero-order valence-corrected chi connectivity index (χ0v) is 11.5. The molecular weight excluding hydrogens is 242 g/mol. The predicted octanol–water partition coefficient (Wildman–Crippen LogP) is 2.00. The highest BCUT2D eigenvalue weighted by Gasteiger charge is 2.13. The minimum atomic E-state index is 0.634. The first-order chi connectivity index (χ1) is 9.11. The number of pyridine rings is 1. The molecule has 0 aromatic carbocycles. The average molecular weight is 259 g/mol. The van der Waals surface area contributed by atoms with E-state index in [9.17, 15) is 0 Å². The summed E-state index contributed by atoms with van der Waals surface area (Å²) >= 11 is 0. The number of nitrogens with one attached hydrogen (secondary N) is 1. The topological polar surface area (TPSA) is 63.2 Å².